The summed E-state index contributed by atoms with van der Waals surface area (Å²) in [5.41, 5.74) is 4.10. The van der Waals surface area contributed by atoms with Crippen LogP contribution >= 0.6 is 24.0 Å². The van der Waals surface area contributed by atoms with Crippen LogP contribution in [0.15, 0.2) is 70.0 Å². The number of carbonyl (C=O) groups is 3. The van der Waals surface area contributed by atoms with Gasteiger partial charge in [0.15, 0.2) is 4.32 Å². The van der Waals surface area contributed by atoms with Gasteiger partial charge in [-0.1, -0.05) is 23.9 Å². The molecule has 8 nitrogen and oxygen atoms in total. The van der Waals surface area contributed by atoms with Gasteiger partial charge in [0.05, 0.1) is 24.2 Å². The van der Waals surface area contributed by atoms with Gasteiger partial charge in [-0.3, -0.25) is 15.0 Å². The number of amides is 2. The molecule has 1 N–H and O–H groups in total. The van der Waals surface area contributed by atoms with Crippen LogP contribution in [-0.2, 0) is 9.53 Å². The average molecular weight is 509 g/mol. The zero-order valence-electron chi connectivity index (χ0n) is 18.8. The second-order valence-corrected chi connectivity index (χ2v) is 8.86. The molecule has 1 aliphatic rings. The molecule has 0 aliphatic carbocycles. The molecule has 0 spiro atoms. The Morgan fingerprint density at radius 3 is 2.40 bits per heavy atom. The molecule has 1 aliphatic heterocycles. The van der Waals surface area contributed by atoms with Gasteiger partial charge in [-0.05, 0) is 67.7 Å². The molecule has 4 rings (SSSR count). The number of furan rings is 1. The molecule has 2 aromatic carbocycles. The molecule has 0 radical (unpaired) electrons. The number of nitrogens with one attached hydrogen (secondary N) is 1. The molecule has 3 aromatic rings. The van der Waals surface area contributed by atoms with Crippen molar-refractivity contribution in [2.45, 2.75) is 6.92 Å². The van der Waals surface area contributed by atoms with Gasteiger partial charge in [0, 0.05) is 17.2 Å². The maximum absolute atomic E-state index is 12.8. The highest BCUT2D eigenvalue weighted by molar-refractivity contribution is 8.26. The van der Waals surface area contributed by atoms with E-state index in [0.29, 0.717) is 39.9 Å². The standard InChI is InChI=1S/C25H20N2O6S2/c1-3-32-24(30)17-6-4-15(5-7-17)20-13-12-19(33-20)14-21-23(29)27(25(34)35-21)26-22(28)16-8-10-18(31-2)11-9-16/h4-14H,3H2,1-2H3,(H,26,28)/b21-14+. The molecule has 2 amide bonds. The van der Waals surface area contributed by atoms with E-state index >= 15 is 0 Å². The van der Waals surface area contributed by atoms with E-state index < -0.39 is 11.8 Å². The summed E-state index contributed by atoms with van der Waals surface area (Å²) >= 11 is 6.33. The van der Waals surface area contributed by atoms with E-state index in [0.717, 1.165) is 22.3 Å². The van der Waals surface area contributed by atoms with Crippen LogP contribution in [0.3, 0.4) is 0 Å². The second-order valence-electron chi connectivity index (χ2n) is 7.19. The minimum Gasteiger partial charge on any atom is -0.497 e. The summed E-state index contributed by atoms with van der Waals surface area (Å²) in [6.45, 7) is 2.05. The fourth-order valence-electron chi connectivity index (χ4n) is 3.17. The van der Waals surface area contributed by atoms with Crippen LogP contribution in [0.5, 0.6) is 5.75 Å². The van der Waals surface area contributed by atoms with Gasteiger partial charge in [0.2, 0.25) is 0 Å². The van der Waals surface area contributed by atoms with Crippen LogP contribution in [0.4, 0.5) is 0 Å². The third-order valence-electron chi connectivity index (χ3n) is 4.94. The fraction of sp³-hybridized carbons (Fsp3) is 0.120. The summed E-state index contributed by atoms with van der Waals surface area (Å²) in [4.78, 5) is 37.5. The molecule has 10 heteroatoms. The normalized spacial score (nSPS) is 14.3. The first-order valence-electron chi connectivity index (χ1n) is 10.5. The highest BCUT2D eigenvalue weighted by Crippen LogP contribution is 2.33. The summed E-state index contributed by atoms with van der Waals surface area (Å²) in [6.07, 6.45) is 1.56. The van der Waals surface area contributed by atoms with Crippen molar-refractivity contribution in [2.75, 3.05) is 13.7 Å². The maximum atomic E-state index is 12.8. The Kier molecular flexibility index (Phi) is 7.33. The van der Waals surface area contributed by atoms with Gasteiger partial charge < -0.3 is 13.9 Å². The molecule has 2 heterocycles. The molecule has 0 saturated carbocycles. The molecule has 35 heavy (non-hydrogen) atoms. The lowest BCUT2D eigenvalue weighted by atomic mass is 10.1. The molecular formula is C25H20N2O6S2. The van der Waals surface area contributed by atoms with Gasteiger partial charge >= 0.3 is 5.97 Å². The summed E-state index contributed by atoms with van der Waals surface area (Å²) in [7, 11) is 1.53. The zero-order chi connectivity index (χ0) is 24.9. The van der Waals surface area contributed by atoms with E-state index in [1.165, 1.54) is 7.11 Å². The number of hydrogen-bond acceptors (Lipinski definition) is 8. The highest BCUT2D eigenvalue weighted by Gasteiger charge is 2.34. The van der Waals surface area contributed by atoms with Crippen molar-refractivity contribution < 1.29 is 28.3 Å². The van der Waals surface area contributed by atoms with Gasteiger partial charge in [-0.2, -0.15) is 5.01 Å². The van der Waals surface area contributed by atoms with Crippen LogP contribution < -0.4 is 10.2 Å². The van der Waals surface area contributed by atoms with Crippen LogP contribution in [0.25, 0.3) is 17.4 Å². The molecule has 0 atom stereocenters. The van der Waals surface area contributed by atoms with Crippen molar-refractivity contribution in [1.29, 1.82) is 0 Å². The SMILES string of the molecule is CCOC(=O)c1ccc(-c2ccc(/C=C3/SC(=S)N(NC(=O)c4ccc(OC)cc4)C3=O)o2)cc1. The van der Waals surface area contributed by atoms with E-state index in [1.807, 2.05) is 0 Å². The molecule has 1 aromatic heterocycles. The van der Waals surface area contributed by atoms with Crippen molar-refractivity contribution in [3.05, 3.63) is 82.5 Å². The number of thiocarbonyl (C=S) groups is 1. The molecule has 0 unspecified atom stereocenters. The van der Waals surface area contributed by atoms with Gasteiger partial charge in [-0.15, -0.1) is 0 Å². The molecular weight excluding hydrogens is 488 g/mol. The van der Waals surface area contributed by atoms with Gasteiger partial charge in [-0.25, -0.2) is 4.79 Å². The summed E-state index contributed by atoms with van der Waals surface area (Å²) < 4.78 is 16.1. The van der Waals surface area contributed by atoms with Crippen molar-refractivity contribution in [1.82, 2.24) is 10.4 Å². The Hall–Kier alpha value is -3.89. The number of methoxy groups -OCH3 is 1. The van der Waals surface area contributed by atoms with Crippen LogP contribution in [0.2, 0.25) is 0 Å². The molecule has 178 valence electrons. The number of thioether (sulfide) groups is 1. The number of ether oxygens (including phenoxy) is 2. The first kappa shape index (κ1) is 24.2. The number of rotatable bonds is 7. The van der Waals surface area contributed by atoms with Crippen molar-refractivity contribution in [2.24, 2.45) is 0 Å². The fourth-order valence-corrected chi connectivity index (χ4v) is 4.33. The minimum absolute atomic E-state index is 0.199. The minimum atomic E-state index is -0.475. The number of hydrazine groups is 1. The lowest BCUT2D eigenvalue weighted by Gasteiger charge is -2.15. The predicted molar refractivity (Wildman–Crippen MR) is 136 cm³/mol. The van der Waals surface area contributed by atoms with Gasteiger partial charge in [0.25, 0.3) is 11.8 Å². The summed E-state index contributed by atoms with van der Waals surface area (Å²) in [6, 6.07) is 16.8. The molecule has 0 bridgehead atoms. The van der Waals surface area contributed by atoms with E-state index in [-0.39, 0.29) is 10.3 Å². The predicted octanol–water partition coefficient (Wildman–Crippen LogP) is 4.68. The van der Waals surface area contributed by atoms with Crippen molar-refractivity contribution in [3.8, 4) is 17.1 Å². The average Bonchev–Trinajstić information content (AvgIpc) is 3.44. The number of hydrogen-bond donors (Lipinski definition) is 1. The topological polar surface area (TPSA) is 98.1 Å². The first-order valence-corrected chi connectivity index (χ1v) is 11.7. The Bertz CT molecular complexity index is 1310. The van der Waals surface area contributed by atoms with Crippen molar-refractivity contribution >= 4 is 52.2 Å². The lowest BCUT2D eigenvalue weighted by molar-refractivity contribution is -0.123. The Balaban J connectivity index is 1.45. The zero-order valence-corrected chi connectivity index (χ0v) is 20.4. The van der Waals surface area contributed by atoms with E-state index in [1.54, 1.807) is 73.7 Å². The van der Waals surface area contributed by atoms with Gasteiger partial charge in [0.1, 0.15) is 17.3 Å². The highest BCUT2D eigenvalue weighted by atomic mass is 32.2. The maximum Gasteiger partial charge on any atom is 0.338 e. The van der Waals surface area contributed by atoms with Crippen LogP contribution in [-0.4, -0.2) is 40.8 Å². The van der Waals surface area contributed by atoms with Crippen LogP contribution in [0.1, 0.15) is 33.4 Å². The van der Waals surface area contributed by atoms with E-state index in [4.69, 9.17) is 26.1 Å². The number of esters is 1. The van der Waals surface area contributed by atoms with Crippen LogP contribution in [0, 0.1) is 0 Å². The lowest BCUT2D eigenvalue weighted by Crippen LogP contribution is -2.44. The van der Waals surface area contributed by atoms with Crippen molar-refractivity contribution in [3.63, 3.8) is 0 Å². The Labute approximate surface area is 210 Å². The number of nitrogens with zero attached hydrogens (tertiary/aromatic N) is 1. The third-order valence-corrected chi connectivity index (χ3v) is 6.24. The number of carbonyl (C=O) groups excluding carboxylic acids is 3. The Morgan fingerprint density at radius 2 is 1.74 bits per heavy atom. The first-order chi connectivity index (χ1) is 16.9. The summed E-state index contributed by atoms with van der Waals surface area (Å²) in [5, 5.41) is 1.04. The summed E-state index contributed by atoms with van der Waals surface area (Å²) in [5.74, 6) is 0.296. The molecule has 1 fully saturated rings. The number of benzene rings is 2. The largest absolute Gasteiger partial charge is 0.497 e. The molecule has 1 saturated heterocycles. The monoisotopic (exact) mass is 508 g/mol. The van der Waals surface area contributed by atoms with E-state index in [9.17, 15) is 14.4 Å². The third kappa shape index (κ3) is 5.44. The Morgan fingerprint density at radius 1 is 1.06 bits per heavy atom. The smallest absolute Gasteiger partial charge is 0.338 e. The van der Waals surface area contributed by atoms with E-state index in [2.05, 4.69) is 5.43 Å². The quantitative estimate of drug-likeness (QED) is 0.279. The second kappa shape index (κ2) is 10.6.